The van der Waals surface area contributed by atoms with Gasteiger partial charge in [-0.05, 0) is 13.0 Å². The largest absolute Gasteiger partial charge is 0.382 e. The Hall–Kier alpha value is -0.610. The zero-order valence-corrected chi connectivity index (χ0v) is 6.38. The third-order valence-electron chi connectivity index (χ3n) is 0.846. The van der Waals surface area contributed by atoms with Gasteiger partial charge >= 0.3 is 0 Å². The monoisotopic (exact) mass is 156 g/mol. The summed E-state index contributed by atoms with van der Waals surface area (Å²) in [6, 6.07) is 1.76. The summed E-state index contributed by atoms with van der Waals surface area (Å²) in [6.45, 7) is 1.70. The molecular formula is C6H8N2OS. The predicted octanol–water partition coefficient (Wildman–Crippen LogP) is 0.907. The van der Waals surface area contributed by atoms with E-state index in [9.17, 15) is 0 Å². The summed E-state index contributed by atoms with van der Waals surface area (Å²) in [4.78, 5) is 7.66. The first-order valence-electron chi connectivity index (χ1n) is 2.90. The second kappa shape index (κ2) is 3.53. The van der Waals surface area contributed by atoms with E-state index in [2.05, 4.69) is 9.97 Å². The van der Waals surface area contributed by atoms with E-state index in [0.29, 0.717) is 0 Å². The van der Waals surface area contributed by atoms with Crippen molar-refractivity contribution < 1.29 is 5.11 Å². The van der Waals surface area contributed by atoms with Crippen LogP contribution in [0, 0.1) is 0 Å². The zero-order valence-electron chi connectivity index (χ0n) is 5.56. The quantitative estimate of drug-likeness (QED) is 0.392. The molecule has 54 valence electrons. The summed E-state index contributed by atoms with van der Waals surface area (Å²) < 4.78 is 0. The van der Waals surface area contributed by atoms with Gasteiger partial charge in [0.2, 0.25) is 0 Å². The third kappa shape index (κ3) is 2.33. The molecular weight excluding hydrogens is 148 g/mol. The van der Waals surface area contributed by atoms with Gasteiger partial charge in [0.25, 0.3) is 0 Å². The molecule has 0 aliphatic rings. The highest BCUT2D eigenvalue weighted by Gasteiger charge is 1.97. The number of hydrogen-bond acceptors (Lipinski definition) is 4. The fourth-order valence-corrected chi connectivity index (χ4v) is 1.12. The Morgan fingerprint density at radius 3 is 3.00 bits per heavy atom. The minimum absolute atomic E-state index is 0.408. The maximum atomic E-state index is 8.91. The Kier molecular flexibility index (Phi) is 2.65. The molecule has 10 heavy (non-hydrogen) atoms. The van der Waals surface area contributed by atoms with E-state index in [1.807, 2.05) is 0 Å². The minimum atomic E-state index is -0.408. The molecule has 0 spiro atoms. The standard InChI is InChI=1S/C6H8N2OS/c1-5(9)10-6-2-3-7-4-8-6/h2-5,9H,1H3. The number of aliphatic hydroxyl groups is 1. The fourth-order valence-electron chi connectivity index (χ4n) is 0.523. The van der Waals surface area contributed by atoms with Crippen LogP contribution in [0.15, 0.2) is 23.6 Å². The number of hydrogen-bond donors (Lipinski definition) is 1. The molecule has 1 atom stereocenters. The molecule has 0 amide bonds. The van der Waals surface area contributed by atoms with Crippen molar-refractivity contribution >= 4 is 11.8 Å². The van der Waals surface area contributed by atoms with Gasteiger partial charge in [0.15, 0.2) is 0 Å². The van der Waals surface area contributed by atoms with Gasteiger partial charge < -0.3 is 5.11 Å². The molecule has 1 aromatic heterocycles. The van der Waals surface area contributed by atoms with Gasteiger partial charge in [-0.3, -0.25) is 0 Å². The number of nitrogens with zero attached hydrogens (tertiary/aromatic N) is 2. The van der Waals surface area contributed by atoms with Gasteiger partial charge in [-0.1, -0.05) is 11.8 Å². The van der Waals surface area contributed by atoms with E-state index in [-0.39, 0.29) is 0 Å². The van der Waals surface area contributed by atoms with E-state index in [4.69, 9.17) is 5.11 Å². The average molecular weight is 156 g/mol. The highest BCUT2D eigenvalue weighted by atomic mass is 32.2. The lowest BCUT2D eigenvalue weighted by Gasteiger charge is -2.00. The number of rotatable bonds is 2. The molecule has 0 fully saturated rings. The van der Waals surface area contributed by atoms with Crippen molar-refractivity contribution in [2.24, 2.45) is 0 Å². The van der Waals surface area contributed by atoms with E-state index in [0.717, 1.165) is 5.03 Å². The molecule has 1 rings (SSSR count). The third-order valence-corrected chi connectivity index (χ3v) is 1.67. The van der Waals surface area contributed by atoms with E-state index in [1.54, 1.807) is 19.2 Å². The predicted molar refractivity (Wildman–Crippen MR) is 39.6 cm³/mol. The molecule has 0 saturated carbocycles. The van der Waals surface area contributed by atoms with Crippen LogP contribution in [0.4, 0.5) is 0 Å². The van der Waals surface area contributed by atoms with Crippen molar-refractivity contribution in [3.63, 3.8) is 0 Å². The lowest BCUT2D eigenvalue weighted by Crippen LogP contribution is -1.92. The number of aromatic nitrogens is 2. The number of thioether (sulfide) groups is 1. The SMILES string of the molecule is CC(O)Sc1ccncn1. The first kappa shape index (κ1) is 7.50. The van der Waals surface area contributed by atoms with Crippen molar-refractivity contribution in [3.8, 4) is 0 Å². The number of aliphatic hydroxyl groups excluding tert-OH is 1. The molecule has 1 heterocycles. The lowest BCUT2D eigenvalue weighted by atomic mass is 10.7. The van der Waals surface area contributed by atoms with E-state index in [1.165, 1.54) is 18.1 Å². The topological polar surface area (TPSA) is 46.0 Å². The van der Waals surface area contributed by atoms with Crippen LogP contribution in [-0.4, -0.2) is 20.5 Å². The lowest BCUT2D eigenvalue weighted by molar-refractivity contribution is 0.283. The Morgan fingerprint density at radius 2 is 2.50 bits per heavy atom. The van der Waals surface area contributed by atoms with Crippen LogP contribution in [0.1, 0.15) is 6.92 Å². The Balaban J connectivity index is 2.59. The van der Waals surface area contributed by atoms with E-state index < -0.39 is 5.44 Å². The summed E-state index contributed by atoms with van der Waals surface area (Å²) in [5.41, 5.74) is -0.408. The van der Waals surface area contributed by atoms with Gasteiger partial charge in [0.1, 0.15) is 16.8 Å². The molecule has 1 aromatic rings. The van der Waals surface area contributed by atoms with Crippen LogP contribution in [0.5, 0.6) is 0 Å². The summed E-state index contributed by atoms with van der Waals surface area (Å²) in [6.07, 6.45) is 3.11. The Labute approximate surface area is 63.5 Å². The van der Waals surface area contributed by atoms with Gasteiger partial charge in [0.05, 0.1) is 0 Å². The van der Waals surface area contributed by atoms with Crippen molar-refractivity contribution in [3.05, 3.63) is 18.6 Å². The van der Waals surface area contributed by atoms with Crippen LogP contribution in [0.2, 0.25) is 0 Å². The second-order valence-corrected chi connectivity index (χ2v) is 3.10. The Morgan fingerprint density at radius 1 is 1.70 bits per heavy atom. The maximum absolute atomic E-state index is 8.91. The van der Waals surface area contributed by atoms with Crippen molar-refractivity contribution in [1.29, 1.82) is 0 Å². The van der Waals surface area contributed by atoms with Crippen LogP contribution in [-0.2, 0) is 0 Å². The molecule has 0 radical (unpaired) electrons. The van der Waals surface area contributed by atoms with Gasteiger partial charge in [-0.15, -0.1) is 0 Å². The highest BCUT2D eigenvalue weighted by molar-refractivity contribution is 7.99. The molecule has 0 bridgehead atoms. The molecule has 1 unspecified atom stereocenters. The highest BCUT2D eigenvalue weighted by Crippen LogP contribution is 2.16. The van der Waals surface area contributed by atoms with Crippen LogP contribution in [0.3, 0.4) is 0 Å². The Bertz CT molecular complexity index is 190. The summed E-state index contributed by atoms with van der Waals surface area (Å²) in [5.74, 6) is 0. The van der Waals surface area contributed by atoms with Crippen LogP contribution >= 0.6 is 11.8 Å². The zero-order chi connectivity index (χ0) is 7.40. The first-order valence-corrected chi connectivity index (χ1v) is 3.78. The molecule has 0 aromatic carbocycles. The molecule has 4 heteroatoms. The summed E-state index contributed by atoms with van der Waals surface area (Å²) in [5, 5.41) is 9.70. The average Bonchev–Trinajstić information content (AvgIpc) is 1.88. The fraction of sp³-hybridized carbons (Fsp3) is 0.333. The summed E-state index contributed by atoms with van der Waals surface area (Å²) in [7, 11) is 0. The summed E-state index contributed by atoms with van der Waals surface area (Å²) >= 11 is 1.30. The van der Waals surface area contributed by atoms with Crippen molar-refractivity contribution in [1.82, 2.24) is 9.97 Å². The van der Waals surface area contributed by atoms with E-state index >= 15 is 0 Å². The first-order chi connectivity index (χ1) is 4.79. The van der Waals surface area contributed by atoms with Crippen molar-refractivity contribution in [2.45, 2.75) is 17.4 Å². The smallest absolute Gasteiger partial charge is 0.116 e. The second-order valence-electron chi connectivity index (χ2n) is 1.76. The van der Waals surface area contributed by atoms with Crippen LogP contribution < -0.4 is 0 Å². The van der Waals surface area contributed by atoms with Gasteiger partial charge in [-0.2, -0.15) is 0 Å². The molecule has 1 N–H and O–H groups in total. The molecule has 0 saturated heterocycles. The minimum Gasteiger partial charge on any atom is -0.382 e. The van der Waals surface area contributed by atoms with Crippen molar-refractivity contribution in [2.75, 3.05) is 0 Å². The maximum Gasteiger partial charge on any atom is 0.116 e. The normalized spacial score (nSPS) is 13.0. The van der Waals surface area contributed by atoms with Crippen LogP contribution in [0.25, 0.3) is 0 Å². The molecule has 3 nitrogen and oxygen atoms in total. The molecule has 0 aliphatic heterocycles. The molecule has 0 aliphatic carbocycles. The van der Waals surface area contributed by atoms with Gasteiger partial charge in [0, 0.05) is 6.20 Å². The van der Waals surface area contributed by atoms with Gasteiger partial charge in [-0.25, -0.2) is 9.97 Å².